The number of hydrogen-bond donors (Lipinski definition) is 3. The molecule has 3 heterocycles. The Balaban J connectivity index is 1.46. The van der Waals surface area contributed by atoms with Crippen LogP contribution < -0.4 is 10.6 Å². The number of aromatic nitrogens is 3. The van der Waals surface area contributed by atoms with E-state index in [2.05, 4.69) is 20.7 Å². The Morgan fingerprint density at radius 2 is 2.06 bits per heavy atom. The fourth-order valence-corrected chi connectivity index (χ4v) is 4.67. The van der Waals surface area contributed by atoms with Crippen molar-refractivity contribution in [2.45, 2.75) is 70.6 Å². The number of rotatable bonds is 5. The van der Waals surface area contributed by atoms with Gasteiger partial charge in [0.1, 0.15) is 11.9 Å². The number of amides is 2. The molecule has 8 nitrogen and oxygen atoms in total. The number of carbonyl (C=O) groups excluding carboxylic acids is 2. The Hall–Kier alpha value is -2.45. The smallest absolute Gasteiger partial charge is 0.248 e. The molecule has 2 amide bonds. The molecule has 2 aromatic rings. The lowest BCUT2D eigenvalue weighted by atomic mass is 9.85. The topological polar surface area (TPSA) is 109 Å². The minimum absolute atomic E-state index is 0.112. The number of hydrogen-bond acceptors (Lipinski definition) is 5. The number of pyridine rings is 1. The zero-order chi connectivity index (χ0) is 22.0. The van der Waals surface area contributed by atoms with Gasteiger partial charge in [0.2, 0.25) is 11.8 Å². The van der Waals surface area contributed by atoms with Crippen molar-refractivity contribution >= 4 is 29.2 Å². The molecule has 1 aliphatic carbocycles. The third kappa shape index (κ3) is 4.91. The molecule has 1 fully saturated rings. The molecule has 1 unspecified atom stereocenters. The van der Waals surface area contributed by atoms with Crippen molar-refractivity contribution in [3.8, 4) is 11.1 Å². The van der Waals surface area contributed by atoms with Crippen molar-refractivity contribution in [1.29, 1.82) is 0 Å². The molecule has 3 N–H and O–H groups in total. The van der Waals surface area contributed by atoms with E-state index in [9.17, 15) is 14.7 Å². The molecule has 1 aliphatic heterocycles. The van der Waals surface area contributed by atoms with Crippen LogP contribution in [0.2, 0.25) is 5.02 Å². The van der Waals surface area contributed by atoms with Crippen LogP contribution in [0.1, 0.15) is 51.1 Å². The van der Waals surface area contributed by atoms with Gasteiger partial charge < -0.3 is 15.7 Å². The summed E-state index contributed by atoms with van der Waals surface area (Å²) in [5, 5.41) is 20.2. The maximum absolute atomic E-state index is 12.9. The summed E-state index contributed by atoms with van der Waals surface area (Å²) in [4.78, 5) is 28.9. The summed E-state index contributed by atoms with van der Waals surface area (Å²) in [6.07, 6.45) is 8.49. The van der Waals surface area contributed by atoms with E-state index in [4.69, 9.17) is 11.6 Å². The van der Waals surface area contributed by atoms with Gasteiger partial charge in [0.05, 0.1) is 11.2 Å². The fourth-order valence-electron chi connectivity index (χ4n) is 4.47. The molecule has 0 saturated heterocycles. The number of aliphatic hydroxyl groups is 1. The number of anilines is 1. The zero-order valence-corrected chi connectivity index (χ0v) is 18.4. The predicted molar refractivity (Wildman–Crippen MR) is 118 cm³/mol. The van der Waals surface area contributed by atoms with E-state index >= 15 is 0 Å². The van der Waals surface area contributed by atoms with Crippen molar-refractivity contribution < 1.29 is 14.7 Å². The van der Waals surface area contributed by atoms with Crippen molar-refractivity contribution in [2.24, 2.45) is 5.92 Å². The molecule has 0 aromatic carbocycles. The van der Waals surface area contributed by atoms with Crippen LogP contribution >= 0.6 is 11.6 Å². The van der Waals surface area contributed by atoms with Gasteiger partial charge in [0.25, 0.3) is 0 Å². The van der Waals surface area contributed by atoms with E-state index < -0.39 is 12.0 Å². The predicted octanol–water partition coefficient (Wildman–Crippen LogP) is 2.93. The average Bonchev–Trinajstić information content (AvgIpc) is 3.19. The van der Waals surface area contributed by atoms with E-state index in [0.717, 1.165) is 56.2 Å². The molecule has 31 heavy (non-hydrogen) atoms. The van der Waals surface area contributed by atoms with Gasteiger partial charge >= 0.3 is 0 Å². The number of nitrogens with zero attached hydrogens (tertiary/aromatic N) is 3. The average molecular weight is 446 g/mol. The summed E-state index contributed by atoms with van der Waals surface area (Å²) in [6.45, 7) is 2.35. The minimum atomic E-state index is -1.06. The monoisotopic (exact) mass is 445 g/mol. The highest BCUT2D eigenvalue weighted by Crippen LogP contribution is 2.34. The maximum atomic E-state index is 12.9. The van der Waals surface area contributed by atoms with Crippen LogP contribution in [-0.4, -0.2) is 43.8 Å². The second kappa shape index (κ2) is 9.36. The Labute approximate surface area is 186 Å². The molecule has 2 aromatic heterocycles. The first kappa shape index (κ1) is 21.8. The first-order valence-corrected chi connectivity index (χ1v) is 11.3. The molecule has 0 bridgehead atoms. The van der Waals surface area contributed by atoms with Gasteiger partial charge in [0.15, 0.2) is 0 Å². The molecule has 3 atom stereocenters. The quantitative estimate of drug-likeness (QED) is 0.655. The van der Waals surface area contributed by atoms with Crippen LogP contribution in [0.25, 0.3) is 11.1 Å². The number of fused-ring (bicyclic) bond motifs is 1. The molecular formula is C22H28ClN5O3. The molecular weight excluding hydrogens is 418 g/mol. The van der Waals surface area contributed by atoms with E-state index in [1.54, 1.807) is 6.20 Å². The zero-order valence-electron chi connectivity index (χ0n) is 17.6. The van der Waals surface area contributed by atoms with Gasteiger partial charge in [-0.05, 0) is 51.5 Å². The largest absolute Gasteiger partial charge is 0.384 e. The molecule has 166 valence electrons. The summed E-state index contributed by atoms with van der Waals surface area (Å²) in [5.74, 6) is -0.290. The lowest BCUT2D eigenvalue weighted by Crippen LogP contribution is -2.44. The summed E-state index contributed by atoms with van der Waals surface area (Å²) >= 11 is 6.44. The third-order valence-corrected chi connectivity index (χ3v) is 6.45. The summed E-state index contributed by atoms with van der Waals surface area (Å²) in [5.41, 5.74) is 2.97. The summed E-state index contributed by atoms with van der Waals surface area (Å²) in [6, 6.07) is 1.70. The molecule has 0 radical (unpaired) electrons. The first-order chi connectivity index (χ1) is 14.9. The van der Waals surface area contributed by atoms with Crippen LogP contribution in [0.4, 0.5) is 5.82 Å². The number of carbonyl (C=O) groups is 2. The van der Waals surface area contributed by atoms with Gasteiger partial charge in [-0.15, -0.1) is 0 Å². The number of aliphatic hydroxyl groups excluding tert-OH is 1. The minimum Gasteiger partial charge on any atom is -0.384 e. The van der Waals surface area contributed by atoms with Crippen molar-refractivity contribution in [3.63, 3.8) is 0 Å². The van der Waals surface area contributed by atoms with Gasteiger partial charge in [-0.2, -0.15) is 5.10 Å². The highest BCUT2D eigenvalue weighted by atomic mass is 35.5. The van der Waals surface area contributed by atoms with Crippen molar-refractivity contribution in [1.82, 2.24) is 20.1 Å². The van der Waals surface area contributed by atoms with E-state index in [-0.39, 0.29) is 17.9 Å². The standard InChI is InChI=1S/C22H28ClN5O3/c1-13(29)21(30)26-15-6-4-5-14(9-15)22(31)27-20-10-16(18(23)12-24-20)17-11-25-28-8-3-2-7-19(17)28/h10-15,29H,2-9H2,1H3,(H,26,30)(H,24,27,31)/t13?,14-,15+/m0/s1. The van der Waals surface area contributed by atoms with Gasteiger partial charge in [-0.25, -0.2) is 4.98 Å². The molecule has 4 rings (SSSR count). The normalized spacial score (nSPS) is 21.8. The molecule has 9 heteroatoms. The van der Waals surface area contributed by atoms with Crippen LogP contribution in [0.15, 0.2) is 18.5 Å². The van der Waals surface area contributed by atoms with E-state index in [1.165, 1.54) is 12.6 Å². The van der Waals surface area contributed by atoms with E-state index in [0.29, 0.717) is 17.3 Å². The lowest BCUT2D eigenvalue weighted by molar-refractivity contribution is -0.130. The van der Waals surface area contributed by atoms with E-state index in [1.807, 2.05) is 16.9 Å². The highest BCUT2D eigenvalue weighted by Gasteiger charge is 2.29. The summed E-state index contributed by atoms with van der Waals surface area (Å²) in [7, 11) is 0. The Kier molecular flexibility index (Phi) is 6.57. The molecule has 0 spiro atoms. The van der Waals surface area contributed by atoms with Crippen molar-refractivity contribution in [3.05, 3.63) is 29.2 Å². The van der Waals surface area contributed by atoms with Crippen LogP contribution in [0, 0.1) is 5.92 Å². The van der Waals surface area contributed by atoms with Crippen LogP contribution in [-0.2, 0) is 22.6 Å². The van der Waals surface area contributed by atoms with Gasteiger partial charge in [-0.1, -0.05) is 18.0 Å². The van der Waals surface area contributed by atoms with Gasteiger partial charge in [0, 0.05) is 41.5 Å². The first-order valence-electron chi connectivity index (χ1n) is 10.9. The van der Waals surface area contributed by atoms with Crippen molar-refractivity contribution in [2.75, 3.05) is 5.32 Å². The van der Waals surface area contributed by atoms with Crippen LogP contribution in [0.5, 0.6) is 0 Å². The second-order valence-corrected chi connectivity index (χ2v) is 8.88. The summed E-state index contributed by atoms with van der Waals surface area (Å²) < 4.78 is 2.03. The fraction of sp³-hybridized carbons (Fsp3) is 0.545. The Morgan fingerprint density at radius 3 is 2.87 bits per heavy atom. The SMILES string of the molecule is CC(O)C(=O)N[C@@H]1CCC[C@H](C(=O)Nc2cc(-c3cnn4c3CCCC4)c(Cl)cn2)C1. The molecule has 2 aliphatic rings. The Bertz CT molecular complexity index is 974. The molecule has 1 saturated carbocycles. The van der Waals surface area contributed by atoms with Gasteiger partial charge in [-0.3, -0.25) is 14.3 Å². The number of aryl methyl sites for hydroxylation is 1. The lowest BCUT2D eigenvalue weighted by Gasteiger charge is -2.29. The number of nitrogens with one attached hydrogen (secondary N) is 2. The second-order valence-electron chi connectivity index (χ2n) is 8.47. The van der Waals surface area contributed by atoms with Crippen LogP contribution in [0.3, 0.4) is 0 Å². The highest BCUT2D eigenvalue weighted by molar-refractivity contribution is 6.33. The number of halogens is 1. The third-order valence-electron chi connectivity index (χ3n) is 6.15. The maximum Gasteiger partial charge on any atom is 0.248 e. The Morgan fingerprint density at radius 1 is 1.23 bits per heavy atom.